The molecule has 0 bridgehead atoms. The van der Waals surface area contributed by atoms with Crippen LogP contribution in [0.5, 0.6) is 0 Å². The standard InChI is InChI=1S/C32H29F3N2O4/c1-17-12-22(18(2)36-25-9-7-6-8-21(25)30(39)41-31(3,4)5)29-23(13-17)26(38)16-27(40-29)19-10-11-24-20(14-19)15-28(37-24)32(33,34)35/h6-16,18,36-37H,1-5H3. The molecule has 41 heavy (non-hydrogen) atoms. The minimum atomic E-state index is -4.51. The van der Waals surface area contributed by atoms with Crippen molar-refractivity contribution >= 4 is 33.5 Å². The van der Waals surface area contributed by atoms with Crippen LogP contribution in [0.15, 0.2) is 75.9 Å². The van der Waals surface area contributed by atoms with Gasteiger partial charge >= 0.3 is 12.1 Å². The summed E-state index contributed by atoms with van der Waals surface area (Å²) < 4.78 is 51.5. The van der Waals surface area contributed by atoms with Gasteiger partial charge in [-0.25, -0.2) is 4.79 Å². The monoisotopic (exact) mass is 562 g/mol. The maximum Gasteiger partial charge on any atom is 0.431 e. The Bertz CT molecular complexity index is 1840. The highest BCUT2D eigenvalue weighted by molar-refractivity contribution is 5.96. The Morgan fingerprint density at radius 1 is 1.00 bits per heavy atom. The number of anilines is 1. The van der Waals surface area contributed by atoms with E-state index in [9.17, 15) is 22.8 Å². The van der Waals surface area contributed by atoms with E-state index in [-0.39, 0.29) is 11.2 Å². The van der Waals surface area contributed by atoms with Crippen molar-refractivity contribution in [2.45, 2.75) is 52.4 Å². The van der Waals surface area contributed by atoms with Gasteiger partial charge in [-0.15, -0.1) is 0 Å². The van der Waals surface area contributed by atoms with Crippen LogP contribution in [0.25, 0.3) is 33.2 Å². The largest absolute Gasteiger partial charge is 0.456 e. The number of benzene rings is 3. The van der Waals surface area contributed by atoms with Crippen LogP contribution < -0.4 is 10.7 Å². The number of fused-ring (bicyclic) bond motifs is 2. The average Bonchev–Trinajstić information content (AvgIpc) is 3.32. The summed E-state index contributed by atoms with van der Waals surface area (Å²) in [6, 6.07) is 17.3. The molecule has 0 aliphatic rings. The van der Waals surface area contributed by atoms with E-state index in [0.29, 0.717) is 44.2 Å². The number of para-hydroxylation sites is 1. The smallest absolute Gasteiger partial charge is 0.431 e. The number of alkyl halides is 3. The molecule has 212 valence electrons. The zero-order valence-electron chi connectivity index (χ0n) is 23.2. The molecular weight excluding hydrogens is 533 g/mol. The third-order valence-electron chi connectivity index (χ3n) is 6.60. The van der Waals surface area contributed by atoms with Gasteiger partial charge < -0.3 is 19.5 Å². The van der Waals surface area contributed by atoms with E-state index in [2.05, 4.69) is 10.3 Å². The molecule has 1 unspecified atom stereocenters. The highest BCUT2D eigenvalue weighted by Crippen LogP contribution is 2.35. The van der Waals surface area contributed by atoms with Gasteiger partial charge in [-0.3, -0.25) is 4.79 Å². The SMILES string of the molecule is Cc1cc(C(C)Nc2ccccc2C(=O)OC(C)(C)C)c2oc(-c3ccc4[nH]c(C(F)(F)F)cc4c3)cc(=O)c2c1. The number of nitrogens with one attached hydrogen (secondary N) is 2. The predicted molar refractivity (Wildman–Crippen MR) is 153 cm³/mol. The molecule has 0 spiro atoms. The molecule has 2 N–H and O–H groups in total. The lowest BCUT2D eigenvalue weighted by atomic mass is 10.00. The molecule has 0 fully saturated rings. The van der Waals surface area contributed by atoms with Gasteiger partial charge in [0.05, 0.1) is 17.0 Å². The number of rotatable bonds is 5. The lowest BCUT2D eigenvalue weighted by Crippen LogP contribution is -2.24. The topological polar surface area (TPSA) is 84.3 Å². The minimum Gasteiger partial charge on any atom is -0.456 e. The fourth-order valence-electron chi connectivity index (χ4n) is 4.77. The van der Waals surface area contributed by atoms with E-state index in [1.54, 1.807) is 63.2 Å². The Morgan fingerprint density at radius 2 is 1.73 bits per heavy atom. The lowest BCUT2D eigenvalue weighted by molar-refractivity contribution is -0.140. The van der Waals surface area contributed by atoms with Crippen molar-refractivity contribution in [3.63, 3.8) is 0 Å². The van der Waals surface area contributed by atoms with Crippen molar-refractivity contribution < 1.29 is 27.1 Å². The minimum absolute atomic E-state index is 0.227. The molecule has 0 aliphatic heterocycles. The molecular formula is C32H29F3N2O4. The normalized spacial score (nSPS) is 13.0. The van der Waals surface area contributed by atoms with Gasteiger partial charge in [-0.1, -0.05) is 18.2 Å². The number of aromatic nitrogens is 1. The third-order valence-corrected chi connectivity index (χ3v) is 6.60. The molecule has 0 amide bonds. The van der Waals surface area contributed by atoms with Crippen LogP contribution in [-0.2, 0) is 10.9 Å². The molecule has 3 aromatic carbocycles. The molecule has 5 aromatic rings. The first-order valence-electron chi connectivity index (χ1n) is 13.1. The zero-order valence-corrected chi connectivity index (χ0v) is 23.2. The lowest BCUT2D eigenvalue weighted by Gasteiger charge is -2.22. The van der Waals surface area contributed by atoms with E-state index < -0.39 is 29.5 Å². The number of carbonyl (C=O) groups excluding carboxylic acids is 1. The van der Waals surface area contributed by atoms with Gasteiger partial charge in [0.1, 0.15) is 22.6 Å². The fourth-order valence-corrected chi connectivity index (χ4v) is 4.77. The second-order valence-corrected chi connectivity index (χ2v) is 11.1. The van der Waals surface area contributed by atoms with Crippen LogP contribution in [-0.4, -0.2) is 16.6 Å². The molecule has 6 nitrogen and oxygen atoms in total. The summed E-state index contributed by atoms with van der Waals surface area (Å²) in [5, 5.41) is 4.08. The Morgan fingerprint density at radius 3 is 2.44 bits per heavy atom. The highest BCUT2D eigenvalue weighted by atomic mass is 19.4. The van der Waals surface area contributed by atoms with Gasteiger partial charge in [0.2, 0.25) is 0 Å². The van der Waals surface area contributed by atoms with Crippen molar-refractivity contribution in [3.05, 3.63) is 99.3 Å². The first-order chi connectivity index (χ1) is 19.2. The number of ether oxygens (including phenoxy) is 1. The molecule has 0 saturated heterocycles. The summed E-state index contributed by atoms with van der Waals surface area (Å²) in [7, 11) is 0. The van der Waals surface area contributed by atoms with Crippen molar-refractivity contribution in [2.24, 2.45) is 0 Å². The molecule has 0 aliphatic carbocycles. The second-order valence-electron chi connectivity index (χ2n) is 11.1. The number of hydrogen-bond acceptors (Lipinski definition) is 5. The number of aromatic amines is 1. The van der Waals surface area contributed by atoms with Crippen LogP contribution in [0, 0.1) is 6.92 Å². The summed E-state index contributed by atoms with van der Waals surface area (Å²) in [5.74, 6) is -0.241. The fraction of sp³-hybridized carbons (Fsp3) is 0.250. The van der Waals surface area contributed by atoms with E-state index in [1.807, 2.05) is 19.9 Å². The Hall–Kier alpha value is -4.53. The first kappa shape index (κ1) is 28.0. The number of aryl methyl sites for hydroxylation is 1. The number of esters is 1. The number of halogens is 3. The van der Waals surface area contributed by atoms with E-state index in [0.717, 1.165) is 11.6 Å². The molecule has 2 heterocycles. The zero-order chi connectivity index (χ0) is 29.7. The van der Waals surface area contributed by atoms with Crippen molar-refractivity contribution in [1.82, 2.24) is 4.98 Å². The Labute approximate surface area is 234 Å². The van der Waals surface area contributed by atoms with E-state index in [4.69, 9.17) is 9.15 Å². The summed E-state index contributed by atoms with van der Waals surface area (Å²) in [5.41, 5.74) is 1.78. The second kappa shape index (κ2) is 10.1. The van der Waals surface area contributed by atoms with Gasteiger partial charge in [0.25, 0.3) is 0 Å². The average molecular weight is 563 g/mol. The van der Waals surface area contributed by atoms with Crippen LogP contribution in [0.2, 0.25) is 0 Å². The molecule has 5 rings (SSSR count). The Kier molecular flexibility index (Phi) is 6.93. The molecule has 0 saturated carbocycles. The van der Waals surface area contributed by atoms with Gasteiger partial charge in [0.15, 0.2) is 5.43 Å². The maximum absolute atomic E-state index is 13.2. The van der Waals surface area contributed by atoms with Crippen LogP contribution >= 0.6 is 0 Å². The molecule has 1 atom stereocenters. The van der Waals surface area contributed by atoms with Crippen molar-refractivity contribution in [2.75, 3.05) is 5.32 Å². The Balaban J connectivity index is 1.56. The van der Waals surface area contributed by atoms with Gasteiger partial charge in [-0.05, 0) is 82.6 Å². The van der Waals surface area contributed by atoms with E-state index >= 15 is 0 Å². The van der Waals surface area contributed by atoms with E-state index in [1.165, 1.54) is 12.1 Å². The van der Waals surface area contributed by atoms with Crippen molar-refractivity contribution in [1.29, 1.82) is 0 Å². The summed E-state index contributed by atoms with van der Waals surface area (Å²) >= 11 is 0. The maximum atomic E-state index is 13.2. The van der Waals surface area contributed by atoms with Gasteiger partial charge in [0, 0.05) is 33.8 Å². The van der Waals surface area contributed by atoms with Gasteiger partial charge in [-0.2, -0.15) is 13.2 Å². The van der Waals surface area contributed by atoms with Crippen LogP contribution in [0.1, 0.15) is 60.9 Å². The first-order valence-corrected chi connectivity index (χ1v) is 13.1. The predicted octanol–water partition coefficient (Wildman–Crippen LogP) is 8.40. The summed E-state index contributed by atoms with van der Waals surface area (Å²) in [6.45, 7) is 9.15. The number of H-pyrrole nitrogens is 1. The molecule has 0 radical (unpaired) electrons. The van der Waals surface area contributed by atoms with Crippen LogP contribution in [0.4, 0.5) is 18.9 Å². The molecule has 9 heteroatoms. The third kappa shape index (κ3) is 5.84. The highest BCUT2D eigenvalue weighted by Gasteiger charge is 2.32. The van der Waals surface area contributed by atoms with Crippen LogP contribution in [0.3, 0.4) is 0 Å². The quantitative estimate of drug-likeness (QED) is 0.210. The van der Waals surface area contributed by atoms with Crippen molar-refractivity contribution in [3.8, 4) is 11.3 Å². The molecule has 2 aromatic heterocycles. The summed E-state index contributed by atoms with van der Waals surface area (Å²) in [6.07, 6.45) is -4.51. The summed E-state index contributed by atoms with van der Waals surface area (Å²) in [4.78, 5) is 28.5. The number of hydrogen-bond donors (Lipinski definition) is 2. The number of carbonyl (C=O) groups is 1.